The van der Waals surface area contributed by atoms with E-state index in [1.54, 1.807) is 12.1 Å². The van der Waals surface area contributed by atoms with Crippen molar-refractivity contribution in [1.29, 1.82) is 0 Å². The molecule has 0 bridgehead atoms. The predicted octanol–water partition coefficient (Wildman–Crippen LogP) is 4.09. The van der Waals surface area contributed by atoms with Crippen molar-refractivity contribution in [3.63, 3.8) is 0 Å². The fourth-order valence-corrected chi connectivity index (χ4v) is 2.90. The Bertz CT molecular complexity index is 408. The van der Waals surface area contributed by atoms with E-state index in [-0.39, 0.29) is 6.04 Å². The van der Waals surface area contributed by atoms with Gasteiger partial charge in [-0.05, 0) is 43.5 Å². The monoisotopic (exact) mass is 304 g/mol. The van der Waals surface area contributed by atoms with E-state index in [0.717, 1.165) is 18.4 Å². The molecule has 1 unspecified atom stereocenters. The Morgan fingerprint density at radius 2 is 1.89 bits per heavy atom. The van der Waals surface area contributed by atoms with Gasteiger partial charge in [-0.15, -0.1) is 0 Å². The lowest BCUT2D eigenvalue weighted by Gasteiger charge is -2.39. The molecule has 1 aromatic rings. The summed E-state index contributed by atoms with van der Waals surface area (Å²) in [4.78, 5) is 0. The molecule has 0 aromatic heterocycles. The van der Waals surface area contributed by atoms with Crippen molar-refractivity contribution in [1.82, 2.24) is 5.43 Å². The lowest BCUT2D eigenvalue weighted by molar-refractivity contribution is -0.0733. The molecule has 0 aliphatic carbocycles. The van der Waals surface area contributed by atoms with Crippen LogP contribution >= 0.6 is 23.2 Å². The molecule has 0 radical (unpaired) electrons. The van der Waals surface area contributed by atoms with Crippen LogP contribution in [-0.2, 0) is 4.74 Å². The molecule has 1 aromatic carbocycles. The minimum atomic E-state index is -0.391. The first-order valence-electron chi connectivity index (χ1n) is 6.59. The van der Waals surface area contributed by atoms with E-state index in [1.165, 1.54) is 0 Å². The van der Waals surface area contributed by atoms with Crippen LogP contribution in [0.4, 0.5) is 0 Å². The number of benzene rings is 1. The summed E-state index contributed by atoms with van der Waals surface area (Å²) < 4.78 is 5.99. The Kier molecular flexibility index (Phi) is 6.57. The molecule has 19 heavy (non-hydrogen) atoms. The lowest BCUT2D eigenvalue weighted by atomic mass is 9.84. The van der Waals surface area contributed by atoms with Crippen molar-refractivity contribution in [3.05, 3.63) is 33.8 Å². The van der Waals surface area contributed by atoms with Crippen molar-refractivity contribution < 1.29 is 4.74 Å². The molecule has 0 amide bonds. The van der Waals surface area contributed by atoms with Crippen LogP contribution < -0.4 is 11.3 Å². The molecule has 1 atom stereocenters. The number of hydrogen-bond acceptors (Lipinski definition) is 3. The van der Waals surface area contributed by atoms with Gasteiger partial charge in [0.25, 0.3) is 0 Å². The first-order valence-corrected chi connectivity index (χ1v) is 7.35. The first kappa shape index (κ1) is 16.7. The van der Waals surface area contributed by atoms with Crippen LogP contribution in [0.1, 0.15) is 45.2 Å². The summed E-state index contributed by atoms with van der Waals surface area (Å²) in [6.45, 7) is 6.77. The molecule has 0 fully saturated rings. The van der Waals surface area contributed by atoms with Gasteiger partial charge < -0.3 is 4.74 Å². The SMILES string of the molecule is CCOC(CC)(CC)C(NN)c1cc(Cl)ccc1Cl. The van der Waals surface area contributed by atoms with E-state index in [0.29, 0.717) is 16.7 Å². The van der Waals surface area contributed by atoms with Gasteiger partial charge in [0, 0.05) is 16.7 Å². The molecule has 3 nitrogen and oxygen atoms in total. The summed E-state index contributed by atoms with van der Waals surface area (Å²) in [6.07, 6.45) is 1.66. The Morgan fingerprint density at radius 1 is 1.26 bits per heavy atom. The number of nitrogens with one attached hydrogen (secondary N) is 1. The molecule has 5 heteroatoms. The Balaban J connectivity index is 3.26. The number of rotatable bonds is 7. The molecule has 0 heterocycles. The highest BCUT2D eigenvalue weighted by atomic mass is 35.5. The van der Waals surface area contributed by atoms with E-state index in [9.17, 15) is 0 Å². The number of halogens is 2. The van der Waals surface area contributed by atoms with Crippen LogP contribution in [0.25, 0.3) is 0 Å². The largest absolute Gasteiger partial charge is 0.373 e. The third-order valence-electron chi connectivity index (χ3n) is 3.59. The highest BCUT2D eigenvalue weighted by molar-refractivity contribution is 6.33. The second-order valence-corrected chi connectivity index (χ2v) is 5.31. The fourth-order valence-electron chi connectivity index (χ4n) is 2.49. The molecule has 0 saturated carbocycles. The average Bonchev–Trinajstić information content (AvgIpc) is 2.42. The number of hydrazine groups is 1. The van der Waals surface area contributed by atoms with Gasteiger partial charge in [0.2, 0.25) is 0 Å². The minimum absolute atomic E-state index is 0.200. The normalized spacial score (nSPS) is 13.6. The summed E-state index contributed by atoms with van der Waals surface area (Å²) in [7, 11) is 0. The fraction of sp³-hybridized carbons (Fsp3) is 0.571. The van der Waals surface area contributed by atoms with Crippen LogP contribution in [0.3, 0.4) is 0 Å². The molecular formula is C14H22Cl2N2O. The highest BCUT2D eigenvalue weighted by Crippen LogP contribution is 2.38. The molecule has 1 rings (SSSR count). The van der Waals surface area contributed by atoms with E-state index in [4.69, 9.17) is 33.8 Å². The maximum absolute atomic E-state index is 6.28. The Morgan fingerprint density at radius 3 is 2.37 bits per heavy atom. The average molecular weight is 305 g/mol. The first-order chi connectivity index (χ1) is 9.04. The molecule has 108 valence electrons. The van der Waals surface area contributed by atoms with E-state index in [1.807, 2.05) is 13.0 Å². The molecule has 3 N–H and O–H groups in total. The standard InChI is InChI=1S/C14H22Cl2N2O/c1-4-14(5-2,19-6-3)13(18-17)11-9-10(15)7-8-12(11)16/h7-9,13,18H,4-6,17H2,1-3H3. The van der Waals surface area contributed by atoms with Gasteiger partial charge >= 0.3 is 0 Å². The van der Waals surface area contributed by atoms with Crippen LogP contribution in [-0.4, -0.2) is 12.2 Å². The van der Waals surface area contributed by atoms with Crippen molar-refractivity contribution in [2.24, 2.45) is 5.84 Å². The molecule has 0 spiro atoms. The van der Waals surface area contributed by atoms with Gasteiger partial charge in [-0.3, -0.25) is 11.3 Å². The number of nitrogens with two attached hydrogens (primary N) is 1. The molecular weight excluding hydrogens is 283 g/mol. The van der Waals surface area contributed by atoms with Crippen molar-refractivity contribution in [2.45, 2.75) is 45.3 Å². The summed E-state index contributed by atoms with van der Waals surface area (Å²) in [5, 5.41) is 1.27. The highest BCUT2D eigenvalue weighted by Gasteiger charge is 2.38. The topological polar surface area (TPSA) is 47.3 Å². The minimum Gasteiger partial charge on any atom is -0.373 e. The van der Waals surface area contributed by atoms with Crippen molar-refractivity contribution >= 4 is 23.2 Å². The van der Waals surface area contributed by atoms with Crippen LogP contribution in [0.2, 0.25) is 10.0 Å². The van der Waals surface area contributed by atoms with Gasteiger partial charge in [-0.1, -0.05) is 37.0 Å². The summed E-state index contributed by atoms with van der Waals surface area (Å²) in [5.74, 6) is 5.76. The zero-order valence-corrected chi connectivity index (χ0v) is 13.2. The molecule has 0 aliphatic heterocycles. The second-order valence-electron chi connectivity index (χ2n) is 4.47. The molecule has 0 aliphatic rings. The van der Waals surface area contributed by atoms with Gasteiger partial charge in [0.1, 0.15) is 0 Å². The lowest BCUT2D eigenvalue weighted by Crippen LogP contribution is -2.48. The van der Waals surface area contributed by atoms with Crippen molar-refractivity contribution in [3.8, 4) is 0 Å². The molecule has 0 saturated heterocycles. The zero-order valence-electron chi connectivity index (χ0n) is 11.7. The van der Waals surface area contributed by atoms with E-state index >= 15 is 0 Å². The third kappa shape index (κ3) is 3.61. The zero-order chi connectivity index (χ0) is 14.5. The maximum atomic E-state index is 6.28. The summed E-state index contributed by atoms with van der Waals surface area (Å²) in [6, 6.07) is 5.19. The predicted molar refractivity (Wildman–Crippen MR) is 81.5 cm³/mol. The van der Waals surface area contributed by atoms with E-state index < -0.39 is 5.60 Å². The number of ether oxygens (including phenoxy) is 1. The van der Waals surface area contributed by atoms with Gasteiger partial charge in [-0.2, -0.15) is 0 Å². The third-order valence-corrected chi connectivity index (χ3v) is 4.17. The van der Waals surface area contributed by atoms with Gasteiger partial charge in [0.15, 0.2) is 0 Å². The maximum Gasteiger partial charge on any atom is 0.0884 e. The Hall–Kier alpha value is -0.320. The Labute approximate surface area is 125 Å². The van der Waals surface area contributed by atoms with E-state index in [2.05, 4.69) is 19.3 Å². The van der Waals surface area contributed by atoms with Gasteiger partial charge in [0.05, 0.1) is 11.6 Å². The smallest absolute Gasteiger partial charge is 0.0884 e. The number of hydrogen-bond donors (Lipinski definition) is 2. The second kappa shape index (κ2) is 7.46. The van der Waals surface area contributed by atoms with Crippen LogP contribution in [0.15, 0.2) is 18.2 Å². The van der Waals surface area contributed by atoms with Crippen LogP contribution in [0, 0.1) is 0 Å². The quantitative estimate of drug-likeness (QED) is 0.589. The summed E-state index contributed by atoms with van der Waals surface area (Å²) >= 11 is 12.3. The van der Waals surface area contributed by atoms with Crippen molar-refractivity contribution in [2.75, 3.05) is 6.61 Å². The van der Waals surface area contributed by atoms with Gasteiger partial charge in [-0.25, -0.2) is 0 Å². The summed E-state index contributed by atoms with van der Waals surface area (Å²) in [5.41, 5.74) is 3.32. The van der Waals surface area contributed by atoms with Crippen LogP contribution in [0.5, 0.6) is 0 Å².